The van der Waals surface area contributed by atoms with Crippen LogP contribution in [0, 0.1) is 17.5 Å². The molecule has 0 atom stereocenters. The highest BCUT2D eigenvalue weighted by atomic mass is 19.2. The van der Waals surface area contributed by atoms with E-state index in [9.17, 15) is 18.0 Å². The van der Waals surface area contributed by atoms with E-state index in [1.54, 1.807) is 31.2 Å². The first-order chi connectivity index (χ1) is 10.0. The van der Waals surface area contributed by atoms with Crippen LogP contribution in [0.1, 0.15) is 17.3 Å². The smallest absolute Gasteiger partial charge is 0.255 e. The van der Waals surface area contributed by atoms with Gasteiger partial charge in [-0.1, -0.05) is 12.1 Å². The predicted octanol–water partition coefficient (Wildman–Crippen LogP) is 3.75. The SMILES string of the molecule is CCOc1ccccc1NC(=O)c1cc(F)c(F)c(F)c1. The van der Waals surface area contributed by atoms with E-state index in [2.05, 4.69) is 5.32 Å². The van der Waals surface area contributed by atoms with Crippen molar-refractivity contribution in [2.24, 2.45) is 0 Å². The lowest BCUT2D eigenvalue weighted by molar-refractivity contribution is 0.102. The molecule has 6 heteroatoms. The molecule has 1 amide bonds. The van der Waals surface area contributed by atoms with Crippen molar-refractivity contribution in [2.45, 2.75) is 6.92 Å². The molecule has 0 aliphatic carbocycles. The maximum atomic E-state index is 13.1. The Balaban J connectivity index is 2.26. The molecule has 0 saturated carbocycles. The number of rotatable bonds is 4. The molecule has 0 radical (unpaired) electrons. The van der Waals surface area contributed by atoms with Crippen LogP contribution in [0.5, 0.6) is 5.75 Å². The van der Waals surface area contributed by atoms with E-state index in [0.717, 1.165) is 0 Å². The highest BCUT2D eigenvalue weighted by Crippen LogP contribution is 2.24. The molecule has 0 aromatic heterocycles. The van der Waals surface area contributed by atoms with Crippen LogP contribution in [0.25, 0.3) is 0 Å². The summed E-state index contributed by atoms with van der Waals surface area (Å²) in [6, 6.07) is 7.89. The minimum absolute atomic E-state index is 0.322. The predicted molar refractivity (Wildman–Crippen MR) is 71.9 cm³/mol. The van der Waals surface area contributed by atoms with Gasteiger partial charge < -0.3 is 10.1 Å². The van der Waals surface area contributed by atoms with Crippen LogP contribution < -0.4 is 10.1 Å². The third kappa shape index (κ3) is 3.34. The average Bonchev–Trinajstić information content (AvgIpc) is 2.46. The van der Waals surface area contributed by atoms with Crippen LogP contribution >= 0.6 is 0 Å². The number of nitrogens with one attached hydrogen (secondary N) is 1. The second-order valence-electron chi connectivity index (χ2n) is 4.14. The summed E-state index contributed by atoms with van der Waals surface area (Å²) >= 11 is 0. The Hall–Kier alpha value is -2.50. The highest BCUT2D eigenvalue weighted by Gasteiger charge is 2.16. The molecule has 0 heterocycles. The largest absolute Gasteiger partial charge is 0.492 e. The van der Waals surface area contributed by atoms with Crippen LogP contribution in [-0.2, 0) is 0 Å². The Morgan fingerprint density at radius 2 is 1.76 bits per heavy atom. The van der Waals surface area contributed by atoms with Gasteiger partial charge in [0.2, 0.25) is 0 Å². The molecule has 2 aromatic rings. The van der Waals surface area contributed by atoms with Gasteiger partial charge in [0, 0.05) is 5.56 Å². The van der Waals surface area contributed by atoms with Crippen LogP contribution in [0.15, 0.2) is 36.4 Å². The lowest BCUT2D eigenvalue weighted by Crippen LogP contribution is -2.14. The molecular formula is C15H12F3NO2. The van der Waals surface area contributed by atoms with Gasteiger partial charge in [-0.2, -0.15) is 0 Å². The van der Waals surface area contributed by atoms with Gasteiger partial charge in [0.05, 0.1) is 12.3 Å². The number of amides is 1. The van der Waals surface area contributed by atoms with Crippen molar-refractivity contribution in [3.63, 3.8) is 0 Å². The lowest BCUT2D eigenvalue weighted by atomic mass is 10.2. The number of hydrogen-bond donors (Lipinski definition) is 1. The Morgan fingerprint density at radius 3 is 2.38 bits per heavy atom. The molecule has 1 N–H and O–H groups in total. The third-order valence-electron chi connectivity index (χ3n) is 2.68. The molecule has 2 aromatic carbocycles. The van der Waals surface area contributed by atoms with E-state index in [0.29, 0.717) is 30.2 Å². The van der Waals surface area contributed by atoms with Crippen molar-refractivity contribution in [1.29, 1.82) is 0 Å². The van der Waals surface area contributed by atoms with Crippen molar-refractivity contribution in [3.8, 4) is 5.75 Å². The van der Waals surface area contributed by atoms with E-state index in [4.69, 9.17) is 4.74 Å². The first-order valence-corrected chi connectivity index (χ1v) is 6.20. The van der Waals surface area contributed by atoms with Crippen molar-refractivity contribution in [2.75, 3.05) is 11.9 Å². The summed E-state index contributed by atoms with van der Waals surface area (Å²) in [6.07, 6.45) is 0. The number of benzene rings is 2. The zero-order valence-corrected chi connectivity index (χ0v) is 11.1. The van der Waals surface area contributed by atoms with Crippen LogP contribution in [0.3, 0.4) is 0 Å². The summed E-state index contributed by atoms with van der Waals surface area (Å²) in [4.78, 5) is 12.0. The number of hydrogen-bond acceptors (Lipinski definition) is 2. The monoisotopic (exact) mass is 295 g/mol. The molecule has 0 aliphatic rings. The average molecular weight is 295 g/mol. The van der Waals surface area contributed by atoms with Gasteiger partial charge in [-0.05, 0) is 31.2 Å². The molecule has 110 valence electrons. The fraction of sp³-hybridized carbons (Fsp3) is 0.133. The highest BCUT2D eigenvalue weighted by molar-refractivity contribution is 6.05. The van der Waals surface area contributed by atoms with Crippen molar-refractivity contribution >= 4 is 11.6 Å². The molecular weight excluding hydrogens is 283 g/mol. The number of halogens is 3. The Kier molecular flexibility index (Phi) is 4.47. The van der Waals surface area contributed by atoms with Gasteiger partial charge in [0.25, 0.3) is 5.91 Å². The van der Waals surface area contributed by atoms with Gasteiger partial charge in [-0.15, -0.1) is 0 Å². The van der Waals surface area contributed by atoms with Gasteiger partial charge in [0.15, 0.2) is 17.5 Å². The van der Waals surface area contributed by atoms with E-state index >= 15 is 0 Å². The first-order valence-electron chi connectivity index (χ1n) is 6.20. The molecule has 21 heavy (non-hydrogen) atoms. The number of para-hydroxylation sites is 2. The Labute approximate surface area is 119 Å². The third-order valence-corrected chi connectivity index (χ3v) is 2.68. The van der Waals surface area contributed by atoms with E-state index in [1.807, 2.05) is 0 Å². The lowest BCUT2D eigenvalue weighted by Gasteiger charge is -2.11. The quantitative estimate of drug-likeness (QED) is 0.872. The fourth-order valence-electron chi connectivity index (χ4n) is 1.73. The summed E-state index contributed by atoms with van der Waals surface area (Å²) < 4.78 is 44.4. The maximum Gasteiger partial charge on any atom is 0.255 e. The molecule has 0 spiro atoms. The zero-order valence-electron chi connectivity index (χ0n) is 11.1. The summed E-state index contributed by atoms with van der Waals surface area (Å²) in [7, 11) is 0. The normalized spacial score (nSPS) is 10.3. The number of anilines is 1. The van der Waals surface area contributed by atoms with Crippen LogP contribution in [0.2, 0.25) is 0 Å². The first kappa shape index (κ1) is 14.9. The molecule has 0 aliphatic heterocycles. The van der Waals surface area contributed by atoms with Crippen LogP contribution in [0.4, 0.5) is 18.9 Å². The Morgan fingerprint density at radius 1 is 1.14 bits per heavy atom. The number of carbonyl (C=O) groups is 1. The van der Waals surface area contributed by atoms with E-state index in [-0.39, 0.29) is 5.56 Å². The van der Waals surface area contributed by atoms with Gasteiger partial charge in [-0.3, -0.25) is 4.79 Å². The molecule has 3 nitrogen and oxygen atoms in total. The summed E-state index contributed by atoms with van der Waals surface area (Å²) in [5.41, 5.74) is 0.0344. The molecule has 0 unspecified atom stereocenters. The van der Waals surface area contributed by atoms with Crippen molar-refractivity contribution in [3.05, 3.63) is 59.4 Å². The van der Waals surface area contributed by atoms with Crippen LogP contribution in [-0.4, -0.2) is 12.5 Å². The molecule has 0 saturated heterocycles. The van der Waals surface area contributed by atoms with Crippen molar-refractivity contribution in [1.82, 2.24) is 0 Å². The van der Waals surface area contributed by atoms with Crippen molar-refractivity contribution < 1.29 is 22.7 Å². The minimum Gasteiger partial charge on any atom is -0.492 e. The van der Waals surface area contributed by atoms with Gasteiger partial charge in [-0.25, -0.2) is 13.2 Å². The molecule has 2 rings (SSSR count). The molecule has 0 fully saturated rings. The Bertz CT molecular complexity index is 651. The zero-order chi connectivity index (χ0) is 15.4. The topological polar surface area (TPSA) is 38.3 Å². The minimum atomic E-state index is -1.61. The van der Waals surface area contributed by atoms with E-state index in [1.165, 1.54) is 0 Å². The number of carbonyl (C=O) groups excluding carboxylic acids is 1. The summed E-state index contributed by atoms with van der Waals surface area (Å²) in [6.45, 7) is 2.18. The number of ether oxygens (including phenoxy) is 1. The molecule has 0 bridgehead atoms. The second-order valence-corrected chi connectivity index (χ2v) is 4.14. The standard InChI is InChI=1S/C15H12F3NO2/c1-2-21-13-6-4-3-5-12(13)19-15(20)9-7-10(16)14(18)11(17)8-9/h3-8H,2H2,1H3,(H,19,20). The summed E-state index contributed by atoms with van der Waals surface area (Å²) in [5, 5.41) is 2.47. The summed E-state index contributed by atoms with van der Waals surface area (Å²) in [5.74, 6) is -4.78. The van der Waals surface area contributed by atoms with E-state index < -0.39 is 23.4 Å². The maximum absolute atomic E-state index is 13.1. The fourth-order valence-corrected chi connectivity index (χ4v) is 1.73. The second kappa shape index (κ2) is 6.30. The van der Waals surface area contributed by atoms with Gasteiger partial charge in [0.1, 0.15) is 5.75 Å². The van der Waals surface area contributed by atoms with Gasteiger partial charge >= 0.3 is 0 Å².